The van der Waals surface area contributed by atoms with Crippen LogP contribution in [0.15, 0.2) is 66.3 Å². The Bertz CT molecular complexity index is 1530. The summed E-state index contributed by atoms with van der Waals surface area (Å²) in [4.78, 5) is 39.7. The third-order valence-electron chi connectivity index (χ3n) is 11.1. The maximum absolute atomic E-state index is 13.6. The summed E-state index contributed by atoms with van der Waals surface area (Å²) >= 11 is 0. The summed E-state index contributed by atoms with van der Waals surface area (Å²) in [6.45, 7) is 8.25. The van der Waals surface area contributed by atoms with Gasteiger partial charge in [0.2, 0.25) is 6.33 Å². The number of carbonyl (C=O) groups excluding carboxylic acids is 3. The SMILES string of the molecule is CO[C@H]1C[C@H]2C=C[C@H]3[C@H]4O[C@]2(/C(C)=C/[C@@H](C)[C@@H]([C@@H](C)OC(=O)CCCn2cc[n+](C)c2)OC1=O)[C@@H]3[C@H](O)[C@@H](C)[C@H]4OC(=O)C1=CC=CC1. The number of cyclic esters (lactones) is 1. The molecule has 11 heteroatoms. The van der Waals surface area contributed by atoms with Crippen molar-refractivity contribution in [2.45, 2.75) is 102 Å². The van der Waals surface area contributed by atoms with E-state index in [0.717, 1.165) is 5.57 Å². The zero-order valence-electron chi connectivity index (χ0n) is 28.7. The topological polar surface area (TPSA) is 126 Å². The number of imidazole rings is 1. The number of aromatic nitrogens is 2. The number of allylic oxidation sites excluding steroid dienone is 3. The molecule has 48 heavy (non-hydrogen) atoms. The second kappa shape index (κ2) is 13.8. The Morgan fingerprint density at radius 2 is 2.04 bits per heavy atom. The molecule has 0 aromatic carbocycles. The molecule has 0 unspecified atom stereocenters. The summed E-state index contributed by atoms with van der Waals surface area (Å²) in [6, 6.07) is 0. The minimum atomic E-state index is -0.977. The van der Waals surface area contributed by atoms with E-state index in [2.05, 4.69) is 12.2 Å². The molecule has 260 valence electrons. The molecule has 12 atom stereocenters. The fourth-order valence-corrected chi connectivity index (χ4v) is 8.66. The van der Waals surface area contributed by atoms with E-state index in [9.17, 15) is 19.5 Å². The second-order valence-electron chi connectivity index (χ2n) is 14.2. The number of nitrogens with zero attached hydrogens (tertiary/aromatic N) is 2. The molecule has 1 saturated heterocycles. The molecule has 3 heterocycles. The predicted octanol–water partition coefficient (Wildman–Crippen LogP) is 3.30. The van der Waals surface area contributed by atoms with Crippen LogP contribution < -0.4 is 4.57 Å². The Hall–Kier alpha value is -3.54. The summed E-state index contributed by atoms with van der Waals surface area (Å²) in [6.07, 6.45) is 14.7. The zero-order valence-corrected chi connectivity index (χ0v) is 28.7. The van der Waals surface area contributed by atoms with Crippen LogP contribution in [0.25, 0.3) is 0 Å². The Balaban J connectivity index is 1.25. The van der Waals surface area contributed by atoms with Crippen LogP contribution in [0.4, 0.5) is 0 Å². The molecule has 1 aromatic rings. The molecule has 1 aromatic heterocycles. The van der Waals surface area contributed by atoms with Crippen LogP contribution in [0, 0.1) is 29.6 Å². The Kier molecular flexibility index (Phi) is 9.84. The van der Waals surface area contributed by atoms with E-state index in [1.807, 2.05) is 73.9 Å². The number of hydrogen-bond donors (Lipinski definition) is 1. The lowest BCUT2D eigenvalue weighted by atomic mass is 9.57. The largest absolute Gasteiger partial charge is 0.459 e. The van der Waals surface area contributed by atoms with E-state index in [-0.39, 0.29) is 48.4 Å². The van der Waals surface area contributed by atoms with Gasteiger partial charge in [-0.05, 0) is 38.7 Å². The lowest BCUT2D eigenvalue weighted by Crippen LogP contribution is -2.57. The third kappa shape index (κ3) is 6.20. The number of aliphatic hydroxyl groups excluding tert-OH is 1. The predicted molar refractivity (Wildman–Crippen MR) is 173 cm³/mol. The van der Waals surface area contributed by atoms with Crippen molar-refractivity contribution in [1.82, 2.24) is 4.57 Å². The minimum absolute atomic E-state index is 0.194. The number of aliphatic hydroxyl groups is 1. The van der Waals surface area contributed by atoms with Crippen molar-refractivity contribution in [3.63, 3.8) is 0 Å². The van der Waals surface area contributed by atoms with Crippen LogP contribution in [-0.4, -0.2) is 76.9 Å². The van der Waals surface area contributed by atoms with Crippen molar-refractivity contribution in [2.24, 2.45) is 36.6 Å². The van der Waals surface area contributed by atoms with Crippen LogP contribution in [0.1, 0.15) is 53.4 Å². The Morgan fingerprint density at radius 3 is 2.73 bits per heavy atom. The molecule has 1 saturated carbocycles. The van der Waals surface area contributed by atoms with Gasteiger partial charge < -0.3 is 28.8 Å². The van der Waals surface area contributed by atoms with Crippen LogP contribution >= 0.6 is 0 Å². The molecule has 11 nitrogen and oxygen atoms in total. The van der Waals surface area contributed by atoms with E-state index in [4.69, 9.17) is 23.7 Å². The van der Waals surface area contributed by atoms with Gasteiger partial charge >= 0.3 is 17.9 Å². The molecule has 3 aliphatic carbocycles. The number of carbonyl (C=O) groups is 3. The standard InChI is InChI=1S/C37H49N2O9/c1-21-18-22(2)37-26(13-14-27-30(37)31(41)23(3)33(34(27)48-37)47-35(42)25-10-7-8-11-25)19-28(44-6)36(43)46-32(21)24(4)45-29(40)12-9-15-39-17-16-38(5)20-39/h7-8,10,13-14,16-18,20-21,23-24,26-28,30-34,41H,9,11-12,15,19H2,1-6H3/q+1/b22-18+/t21-,23-,24-,26-,27-,28+,30+,31-,32+,33-,34-,37+/m1/s1. The van der Waals surface area contributed by atoms with E-state index in [1.54, 1.807) is 13.0 Å². The van der Waals surface area contributed by atoms with Crippen LogP contribution in [0.5, 0.6) is 0 Å². The Labute approximate surface area is 282 Å². The molecule has 6 rings (SSSR count). The number of hydrogen-bond acceptors (Lipinski definition) is 9. The molecular formula is C37H49N2O9+. The van der Waals surface area contributed by atoms with Gasteiger partial charge in [0.05, 0.1) is 19.7 Å². The summed E-state index contributed by atoms with van der Waals surface area (Å²) < 4.78 is 34.7. The fourth-order valence-electron chi connectivity index (χ4n) is 8.66. The van der Waals surface area contributed by atoms with Gasteiger partial charge in [0, 0.05) is 48.7 Å². The molecule has 4 bridgehead atoms. The van der Waals surface area contributed by atoms with Crippen LogP contribution in [-0.2, 0) is 51.7 Å². The number of esters is 3. The molecule has 2 fully saturated rings. The minimum Gasteiger partial charge on any atom is -0.459 e. The smallest absolute Gasteiger partial charge is 0.335 e. The van der Waals surface area contributed by atoms with Crippen molar-refractivity contribution in [3.8, 4) is 0 Å². The highest BCUT2D eigenvalue weighted by Crippen LogP contribution is 2.61. The molecule has 2 aliphatic heterocycles. The second-order valence-corrected chi connectivity index (χ2v) is 14.2. The quantitative estimate of drug-likeness (QED) is 0.183. The monoisotopic (exact) mass is 665 g/mol. The highest BCUT2D eigenvalue weighted by Gasteiger charge is 2.69. The van der Waals surface area contributed by atoms with Crippen molar-refractivity contribution >= 4 is 17.9 Å². The van der Waals surface area contributed by atoms with Gasteiger partial charge in [0.1, 0.15) is 42.4 Å². The van der Waals surface area contributed by atoms with Crippen molar-refractivity contribution in [2.75, 3.05) is 7.11 Å². The Morgan fingerprint density at radius 1 is 1.25 bits per heavy atom. The molecule has 0 radical (unpaired) electrons. The maximum atomic E-state index is 13.6. The average Bonchev–Trinajstić information content (AvgIpc) is 3.78. The first-order chi connectivity index (χ1) is 22.9. The van der Waals surface area contributed by atoms with Crippen LogP contribution in [0.3, 0.4) is 0 Å². The third-order valence-corrected chi connectivity index (χ3v) is 11.1. The molecular weight excluding hydrogens is 616 g/mol. The number of ether oxygens (including phenoxy) is 5. The summed E-state index contributed by atoms with van der Waals surface area (Å²) in [5.41, 5.74) is 0.487. The molecule has 5 aliphatic rings. The normalized spacial score (nSPS) is 38.7. The number of aryl methyl sites for hydroxylation is 2. The lowest BCUT2D eigenvalue weighted by Gasteiger charge is -2.49. The summed E-state index contributed by atoms with van der Waals surface area (Å²) in [5, 5.41) is 11.9. The average molecular weight is 666 g/mol. The van der Waals surface area contributed by atoms with Gasteiger partial charge in [-0.2, -0.15) is 0 Å². The van der Waals surface area contributed by atoms with Crippen molar-refractivity contribution in [1.29, 1.82) is 0 Å². The van der Waals surface area contributed by atoms with E-state index < -0.39 is 54.2 Å². The van der Waals surface area contributed by atoms with Crippen molar-refractivity contribution < 1.29 is 47.7 Å². The first-order valence-corrected chi connectivity index (χ1v) is 17.2. The van der Waals surface area contributed by atoms with E-state index in [0.29, 0.717) is 25.0 Å². The zero-order chi connectivity index (χ0) is 34.3. The summed E-state index contributed by atoms with van der Waals surface area (Å²) in [5.74, 6) is -2.91. The highest BCUT2D eigenvalue weighted by atomic mass is 16.6. The van der Waals surface area contributed by atoms with Gasteiger partial charge in [-0.15, -0.1) is 0 Å². The lowest BCUT2D eigenvalue weighted by molar-refractivity contribution is -0.671. The van der Waals surface area contributed by atoms with Gasteiger partial charge in [-0.3, -0.25) is 4.79 Å². The number of methoxy groups -OCH3 is 1. The van der Waals surface area contributed by atoms with E-state index in [1.165, 1.54) is 7.11 Å². The van der Waals surface area contributed by atoms with Gasteiger partial charge in [0.25, 0.3) is 0 Å². The van der Waals surface area contributed by atoms with Gasteiger partial charge in [-0.25, -0.2) is 18.7 Å². The maximum Gasteiger partial charge on any atom is 0.335 e. The molecule has 1 N–H and O–H groups in total. The first-order valence-electron chi connectivity index (χ1n) is 17.2. The molecule has 1 spiro atoms. The van der Waals surface area contributed by atoms with Crippen LogP contribution in [0.2, 0.25) is 0 Å². The number of rotatable bonds is 9. The van der Waals surface area contributed by atoms with E-state index >= 15 is 0 Å². The van der Waals surface area contributed by atoms with Crippen molar-refractivity contribution in [3.05, 3.63) is 66.3 Å². The molecule has 0 amide bonds. The van der Waals surface area contributed by atoms with Gasteiger partial charge in [0.15, 0.2) is 6.10 Å². The first kappa shape index (κ1) is 34.3. The highest BCUT2D eigenvalue weighted by molar-refractivity contribution is 5.90. The fraction of sp³-hybridized carbons (Fsp3) is 0.622. The summed E-state index contributed by atoms with van der Waals surface area (Å²) in [7, 11) is 3.42. The van der Waals surface area contributed by atoms with Gasteiger partial charge in [-0.1, -0.05) is 50.3 Å².